The van der Waals surface area contributed by atoms with Crippen molar-refractivity contribution < 1.29 is 19.1 Å². The van der Waals surface area contributed by atoms with Crippen molar-refractivity contribution in [2.75, 3.05) is 19.0 Å². The van der Waals surface area contributed by atoms with Crippen molar-refractivity contribution in [1.29, 1.82) is 0 Å². The number of rotatable bonds is 11. The van der Waals surface area contributed by atoms with Gasteiger partial charge < -0.3 is 15.4 Å². The molecule has 0 atom stereocenters. The molecule has 0 aromatic heterocycles. The van der Waals surface area contributed by atoms with Gasteiger partial charge >= 0.3 is 0 Å². The van der Waals surface area contributed by atoms with Crippen LogP contribution in [0.15, 0.2) is 48.5 Å². The van der Waals surface area contributed by atoms with Crippen LogP contribution in [0.1, 0.15) is 42.5 Å². The molecule has 0 spiro atoms. The van der Waals surface area contributed by atoms with Crippen molar-refractivity contribution in [2.45, 2.75) is 32.1 Å². The largest absolute Gasteiger partial charge is 0.497 e. The molecule has 2 amide bonds. The van der Waals surface area contributed by atoms with Crippen molar-refractivity contribution in [1.82, 2.24) is 5.32 Å². The Kier molecular flexibility index (Phi) is 9.18. The zero-order chi connectivity index (χ0) is 21.1. The number of Topliss-reactive ketones (excluding diaryl/α,β-unsaturated/α-hetero) is 1. The van der Waals surface area contributed by atoms with E-state index in [0.29, 0.717) is 54.3 Å². The fourth-order valence-electron chi connectivity index (χ4n) is 2.65. The average Bonchev–Trinajstić information content (AvgIpc) is 2.73. The second kappa shape index (κ2) is 11.9. The molecule has 0 fully saturated rings. The molecule has 0 unspecified atom stereocenters. The predicted octanol–water partition coefficient (Wildman–Crippen LogP) is 4.24. The van der Waals surface area contributed by atoms with Gasteiger partial charge in [-0.15, -0.1) is 0 Å². The van der Waals surface area contributed by atoms with Crippen LogP contribution in [-0.4, -0.2) is 31.3 Å². The fourth-order valence-corrected chi connectivity index (χ4v) is 2.78. The second-order valence-electron chi connectivity index (χ2n) is 6.51. The van der Waals surface area contributed by atoms with E-state index in [0.717, 1.165) is 0 Å². The average molecular weight is 417 g/mol. The molecule has 6 nitrogen and oxygen atoms in total. The highest BCUT2D eigenvalue weighted by molar-refractivity contribution is 6.30. The third kappa shape index (κ3) is 8.35. The summed E-state index contributed by atoms with van der Waals surface area (Å²) in [6, 6.07) is 13.8. The molecule has 0 heterocycles. The number of halogens is 1. The number of ketones is 1. The summed E-state index contributed by atoms with van der Waals surface area (Å²) in [5.41, 5.74) is 1.29. The summed E-state index contributed by atoms with van der Waals surface area (Å²) >= 11 is 5.80. The Hall–Kier alpha value is -2.86. The topological polar surface area (TPSA) is 84.5 Å². The number of ether oxygens (including phenoxy) is 1. The molecule has 0 saturated carbocycles. The summed E-state index contributed by atoms with van der Waals surface area (Å²) in [6.45, 7) is 0.416. The quantitative estimate of drug-likeness (QED) is 0.424. The lowest BCUT2D eigenvalue weighted by Gasteiger charge is -2.07. The summed E-state index contributed by atoms with van der Waals surface area (Å²) in [5, 5.41) is 6.15. The van der Waals surface area contributed by atoms with Gasteiger partial charge in [-0.1, -0.05) is 11.6 Å². The van der Waals surface area contributed by atoms with Gasteiger partial charge in [0.2, 0.25) is 11.8 Å². The molecule has 2 aromatic carbocycles. The van der Waals surface area contributed by atoms with Gasteiger partial charge in [-0.05, 0) is 61.4 Å². The molecule has 0 aliphatic rings. The third-order valence-corrected chi connectivity index (χ3v) is 4.50. The van der Waals surface area contributed by atoms with Gasteiger partial charge in [-0.25, -0.2) is 0 Å². The minimum absolute atomic E-state index is 0.000626. The number of anilines is 1. The lowest BCUT2D eigenvalue weighted by molar-refractivity contribution is -0.121. The lowest BCUT2D eigenvalue weighted by Crippen LogP contribution is -2.25. The summed E-state index contributed by atoms with van der Waals surface area (Å²) in [5.74, 6) is 0.458. The van der Waals surface area contributed by atoms with Gasteiger partial charge in [0.1, 0.15) is 5.75 Å². The maximum atomic E-state index is 12.1. The van der Waals surface area contributed by atoms with Crippen molar-refractivity contribution in [3.05, 3.63) is 59.1 Å². The smallest absolute Gasteiger partial charge is 0.224 e. The van der Waals surface area contributed by atoms with Crippen LogP contribution in [0.2, 0.25) is 5.02 Å². The Morgan fingerprint density at radius 1 is 0.862 bits per heavy atom. The second-order valence-corrected chi connectivity index (χ2v) is 6.95. The molecule has 0 aliphatic heterocycles. The molecule has 154 valence electrons. The Bertz CT molecular complexity index is 820. The van der Waals surface area contributed by atoms with Gasteiger partial charge in [0.25, 0.3) is 0 Å². The van der Waals surface area contributed by atoms with Crippen molar-refractivity contribution in [3.63, 3.8) is 0 Å². The van der Waals surface area contributed by atoms with Crippen LogP contribution in [0.5, 0.6) is 5.75 Å². The first-order valence-corrected chi connectivity index (χ1v) is 9.85. The van der Waals surface area contributed by atoms with E-state index in [1.807, 2.05) is 0 Å². The highest BCUT2D eigenvalue weighted by Gasteiger charge is 2.08. The monoisotopic (exact) mass is 416 g/mol. The Morgan fingerprint density at radius 3 is 2.17 bits per heavy atom. The van der Waals surface area contributed by atoms with Crippen LogP contribution in [0.25, 0.3) is 0 Å². The Balaban J connectivity index is 1.56. The molecule has 0 radical (unpaired) electrons. The van der Waals surface area contributed by atoms with Gasteiger partial charge in [0.15, 0.2) is 5.78 Å². The lowest BCUT2D eigenvalue weighted by atomic mass is 10.1. The maximum Gasteiger partial charge on any atom is 0.224 e. The molecule has 2 N–H and O–H groups in total. The van der Waals surface area contributed by atoms with Gasteiger partial charge in [-0.3, -0.25) is 14.4 Å². The van der Waals surface area contributed by atoms with Crippen LogP contribution in [0.4, 0.5) is 5.69 Å². The summed E-state index contributed by atoms with van der Waals surface area (Å²) in [6.07, 6.45) is 1.91. The van der Waals surface area contributed by atoms with Crippen LogP contribution in [0.3, 0.4) is 0 Å². The summed E-state index contributed by atoms with van der Waals surface area (Å²) in [4.78, 5) is 35.8. The molecule has 7 heteroatoms. The first-order chi connectivity index (χ1) is 14.0. The van der Waals surface area contributed by atoms with Gasteiger partial charge in [-0.2, -0.15) is 0 Å². The van der Waals surface area contributed by atoms with E-state index in [4.69, 9.17) is 16.3 Å². The number of amides is 2. The van der Waals surface area contributed by atoms with Crippen molar-refractivity contribution >= 4 is 34.9 Å². The number of carbonyl (C=O) groups excluding carboxylic acids is 3. The number of hydrogen-bond acceptors (Lipinski definition) is 4. The molecule has 0 aliphatic carbocycles. The first kappa shape index (κ1) is 22.4. The number of hydrogen-bond donors (Lipinski definition) is 2. The van der Waals surface area contributed by atoms with Crippen molar-refractivity contribution in [3.8, 4) is 5.75 Å². The van der Waals surface area contributed by atoms with E-state index in [1.54, 1.807) is 55.6 Å². The normalized spacial score (nSPS) is 10.3. The molecule has 0 saturated heterocycles. The van der Waals surface area contributed by atoms with Gasteiger partial charge in [0.05, 0.1) is 7.11 Å². The number of nitrogens with one attached hydrogen (secondary N) is 2. The van der Waals surface area contributed by atoms with Crippen LogP contribution in [-0.2, 0) is 9.59 Å². The molecular weight excluding hydrogens is 392 g/mol. The minimum Gasteiger partial charge on any atom is -0.497 e. The fraction of sp³-hybridized carbons (Fsp3) is 0.318. The number of benzene rings is 2. The molecule has 29 heavy (non-hydrogen) atoms. The van der Waals surface area contributed by atoms with E-state index >= 15 is 0 Å². The SMILES string of the molecule is COc1ccc(C(=O)CCCC(=O)NCCCC(=O)Nc2ccc(Cl)cc2)cc1. The minimum atomic E-state index is -0.120. The first-order valence-electron chi connectivity index (χ1n) is 9.47. The van der Waals surface area contributed by atoms with Gasteiger partial charge in [0, 0.05) is 42.1 Å². The summed E-state index contributed by atoms with van der Waals surface area (Å²) < 4.78 is 5.06. The Labute approximate surface area is 175 Å². The molecular formula is C22H25ClN2O4. The van der Waals surface area contributed by atoms with E-state index in [2.05, 4.69) is 10.6 Å². The molecule has 2 aromatic rings. The number of methoxy groups -OCH3 is 1. The standard InChI is InChI=1S/C22H25ClN2O4/c1-29-19-13-7-16(8-14-19)20(26)4-2-5-21(27)24-15-3-6-22(28)25-18-11-9-17(23)10-12-18/h7-14H,2-6,15H2,1H3,(H,24,27)(H,25,28). The van der Waals surface area contributed by atoms with E-state index < -0.39 is 0 Å². The highest BCUT2D eigenvalue weighted by Crippen LogP contribution is 2.14. The van der Waals surface area contributed by atoms with Crippen LogP contribution >= 0.6 is 11.6 Å². The summed E-state index contributed by atoms with van der Waals surface area (Å²) in [7, 11) is 1.57. The van der Waals surface area contributed by atoms with Crippen molar-refractivity contribution in [2.24, 2.45) is 0 Å². The van der Waals surface area contributed by atoms with E-state index in [9.17, 15) is 14.4 Å². The van der Waals surface area contributed by atoms with Crippen LogP contribution in [0, 0.1) is 0 Å². The maximum absolute atomic E-state index is 12.1. The van der Waals surface area contributed by atoms with E-state index in [1.165, 1.54) is 0 Å². The zero-order valence-electron chi connectivity index (χ0n) is 16.4. The van der Waals surface area contributed by atoms with E-state index in [-0.39, 0.29) is 24.0 Å². The Morgan fingerprint density at radius 2 is 1.52 bits per heavy atom. The molecule has 0 bridgehead atoms. The zero-order valence-corrected chi connectivity index (χ0v) is 17.1. The van der Waals surface area contributed by atoms with Crippen LogP contribution < -0.4 is 15.4 Å². The predicted molar refractivity (Wildman–Crippen MR) is 114 cm³/mol. The molecule has 2 rings (SSSR count). The number of carbonyl (C=O) groups is 3. The third-order valence-electron chi connectivity index (χ3n) is 4.25. The highest BCUT2D eigenvalue weighted by atomic mass is 35.5.